The van der Waals surface area contributed by atoms with E-state index in [0.717, 1.165) is 0 Å². The van der Waals surface area contributed by atoms with Crippen LogP contribution in [0.2, 0.25) is 0 Å². The van der Waals surface area contributed by atoms with Gasteiger partial charge in [0.1, 0.15) is 17.1 Å². The maximum Gasteiger partial charge on any atom is 0.308 e. The zero-order chi connectivity index (χ0) is 17.3. The standard InChI is InChI=1S/C18H13FO5/c1-10-18(24-15-6-4-3-5-14(15)19)17(21)13-8-7-12(23-11(2)20)9-16(13)22-10/h3-9H,1-2H3. The molecule has 0 fully saturated rings. The van der Waals surface area contributed by atoms with Crippen molar-refractivity contribution >= 4 is 16.9 Å². The first-order chi connectivity index (χ1) is 11.5. The molecule has 1 heterocycles. The minimum atomic E-state index is -0.582. The van der Waals surface area contributed by atoms with Gasteiger partial charge in [-0.1, -0.05) is 12.1 Å². The van der Waals surface area contributed by atoms with E-state index in [2.05, 4.69) is 0 Å². The number of hydrogen-bond acceptors (Lipinski definition) is 5. The van der Waals surface area contributed by atoms with Crippen molar-refractivity contribution in [1.82, 2.24) is 0 Å². The predicted molar refractivity (Wildman–Crippen MR) is 85.0 cm³/mol. The molecule has 0 atom stereocenters. The van der Waals surface area contributed by atoms with Crippen LogP contribution in [-0.2, 0) is 4.79 Å². The fraction of sp³-hybridized carbons (Fsp3) is 0.111. The molecule has 0 radical (unpaired) electrons. The van der Waals surface area contributed by atoms with Gasteiger partial charge in [0.15, 0.2) is 11.6 Å². The average molecular weight is 328 g/mol. The summed E-state index contributed by atoms with van der Waals surface area (Å²) in [5, 5.41) is 0.239. The number of ether oxygens (including phenoxy) is 2. The lowest BCUT2D eigenvalue weighted by Gasteiger charge is -2.10. The molecule has 2 aromatic carbocycles. The molecule has 0 saturated carbocycles. The molecule has 0 bridgehead atoms. The van der Waals surface area contributed by atoms with E-state index < -0.39 is 17.2 Å². The number of aryl methyl sites for hydroxylation is 1. The summed E-state index contributed by atoms with van der Waals surface area (Å²) in [6.45, 7) is 2.81. The highest BCUT2D eigenvalue weighted by Gasteiger charge is 2.16. The van der Waals surface area contributed by atoms with Gasteiger partial charge in [0.2, 0.25) is 11.2 Å². The average Bonchev–Trinajstić information content (AvgIpc) is 2.52. The van der Waals surface area contributed by atoms with Crippen LogP contribution in [0.4, 0.5) is 4.39 Å². The van der Waals surface area contributed by atoms with Gasteiger partial charge in [-0.25, -0.2) is 4.39 Å². The molecule has 0 amide bonds. The molecule has 0 N–H and O–H groups in total. The minimum absolute atomic E-state index is 0.0659. The van der Waals surface area contributed by atoms with Crippen LogP contribution in [0.3, 0.4) is 0 Å². The van der Waals surface area contributed by atoms with Crippen molar-refractivity contribution in [2.75, 3.05) is 0 Å². The van der Waals surface area contributed by atoms with E-state index in [1.807, 2.05) is 0 Å². The third-order valence-corrected chi connectivity index (χ3v) is 3.30. The maximum absolute atomic E-state index is 13.7. The van der Waals surface area contributed by atoms with E-state index in [1.165, 1.54) is 50.2 Å². The Balaban J connectivity index is 2.09. The molecule has 122 valence electrons. The minimum Gasteiger partial charge on any atom is -0.457 e. The Morgan fingerprint density at radius 1 is 1.17 bits per heavy atom. The highest BCUT2D eigenvalue weighted by molar-refractivity contribution is 5.80. The van der Waals surface area contributed by atoms with E-state index in [1.54, 1.807) is 6.07 Å². The van der Waals surface area contributed by atoms with Crippen molar-refractivity contribution in [1.29, 1.82) is 0 Å². The lowest BCUT2D eigenvalue weighted by atomic mass is 10.2. The molecular formula is C18H13FO5. The van der Waals surface area contributed by atoms with Crippen molar-refractivity contribution < 1.29 is 23.1 Å². The number of fused-ring (bicyclic) bond motifs is 1. The molecule has 3 rings (SSSR count). The summed E-state index contributed by atoms with van der Waals surface area (Å²) in [6.07, 6.45) is 0. The third kappa shape index (κ3) is 2.99. The summed E-state index contributed by atoms with van der Waals surface area (Å²) in [5.74, 6) is -0.762. The van der Waals surface area contributed by atoms with Crippen molar-refractivity contribution in [3.05, 3.63) is 64.3 Å². The number of esters is 1. The number of hydrogen-bond donors (Lipinski definition) is 0. The van der Waals surface area contributed by atoms with Crippen LogP contribution in [0.5, 0.6) is 17.2 Å². The normalized spacial score (nSPS) is 10.6. The first-order valence-electron chi connectivity index (χ1n) is 7.14. The fourth-order valence-corrected chi connectivity index (χ4v) is 2.25. The number of para-hydroxylation sites is 1. The zero-order valence-corrected chi connectivity index (χ0v) is 13.0. The molecule has 0 saturated heterocycles. The largest absolute Gasteiger partial charge is 0.457 e. The van der Waals surface area contributed by atoms with Crippen molar-refractivity contribution in [2.45, 2.75) is 13.8 Å². The van der Waals surface area contributed by atoms with Gasteiger partial charge in [-0.05, 0) is 31.2 Å². The summed E-state index contributed by atoms with van der Waals surface area (Å²) >= 11 is 0. The lowest BCUT2D eigenvalue weighted by Crippen LogP contribution is -2.08. The van der Waals surface area contributed by atoms with Crippen LogP contribution < -0.4 is 14.9 Å². The van der Waals surface area contributed by atoms with Gasteiger partial charge in [0.05, 0.1) is 5.39 Å². The van der Waals surface area contributed by atoms with E-state index in [-0.39, 0.29) is 34.0 Å². The predicted octanol–water partition coefficient (Wildman–Crippen LogP) is 3.96. The highest BCUT2D eigenvalue weighted by Crippen LogP contribution is 2.28. The summed E-state index contributed by atoms with van der Waals surface area (Å²) in [4.78, 5) is 23.6. The molecule has 0 spiro atoms. The molecular weight excluding hydrogens is 315 g/mol. The lowest BCUT2D eigenvalue weighted by molar-refractivity contribution is -0.131. The third-order valence-electron chi connectivity index (χ3n) is 3.30. The van der Waals surface area contributed by atoms with Crippen LogP contribution in [-0.4, -0.2) is 5.97 Å². The number of carbonyl (C=O) groups is 1. The van der Waals surface area contributed by atoms with Crippen LogP contribution in [0.1, 0.15) is 12.7 Å². The van der Waals surface area contributed by atoms with Crippen molar-refractivity contribution in [3.8, 4) is 17.2 Å². The Morgan fingerprint density at radius 2 is 1.92 bits per heavy atom. The van der Waals surface area contributed by atoms with Gasteiger partial charge in [-0.15, -0.1) is 0 Å². The second kappa shape index (κ2) is 6.16. The zero-order valence-electron chi connectivity index (χ0n) is 13.0. The van der Waals surface area contributed by atoms with E-state index >= 15 is 0 Å². The Kier molecular flexibility index (Phi) is 4.04. The highest BCUT2D eigenvalue weighted by atomic mass is 19.1. The van der Waals surface area contributed by atoms with Crippen LogP contribution in [0, 0.1) is 12.7 Å². The number of carbonyl (C=O) groups excluding carboxylic acids is 1. The molecule has 0 unspecified atom stereocenters. The van der Waals surface area contributed by atoms with E-state index in [4.69, 9.17) is 13.9 Å². The Morgan fingerprint density at radius 3 is 2.62 bits per heavy atom. The molecule has 0 aliphatic carbocycles. The Bertz CT molecular complexity index is 990. The summed E-state index contributed by atoms with van der Waals surface area (Å²) in [7, 11) is 0. The van der Waals surface area contributed by atoms with Crippen molar-refractivity contribution in [2.24, 2.45) is 0 Å². The van der Waals surface area contributed by atoms with Gasteiger partial charge in [-0.3, -0.25) is 9.59 Å². The van der Waals surface area contributed by atoms with Crippen LogP contribution >= 0.6 is 0 Å². The number of halogens is 1. The first kappa shape index (κ1) is 15.7. The molecule has 3 aromatic rings. The SMILES string of the molecule is CC(=O)Oc1ccc2c(=O)c(Oc3ccccc3F)c(C)oc2c1. The molecule has 0 aliphatic rings. The van der Waals surface area contributed by atoms with E-state index in [0.29, 0.717) is 0 Å². The summed E-state index contributed by atoms with van der Waals surface area (Å²) in [5.41, 5.74) is -0.191. The Hall–Kier alpha value is -3.15. The molecule has 6 heteroatoms. The fourth-order valence-electron chi connectivity index (χ4n) is 2.25. The van der Waals surface area contributed by atoms with Crippen LogP contribution in [0.15, 0.2) is 51.7 Å². The topological polar surface area (TPSA) is 65.7 Å². The monoisotopic (exact) mass is 328 g/mol. The molecule has 1 aromatic heterocycles. The second-order valence-electron chi connectivity index (χ2n) is 5.10. The van der Waals surface area contributed by atoms with Crippen molar-refractivity contribution in [3.63, 3.8) is 0 Å². The Labute approximate surface area is 136 Å². The number of benzene rings is 2. The number of rotatable bonds is 3. The smallest absolute Gasteiger partial charge is 0.308 e. The van der Waals surface area contributed by atoms with Crippen LogP contribution in [0.25, 0.3) is 11.0 Å². The molecule has 5 nitrogen and oxygen atoms in total. The molecule has 0 aliphatic heterocycles. The molecule has 24 heavy (non-hydrogen) atoms. The van der Waals surface area contributed by atoms with Gasteiger partial charge < -0.3 is 13.9 Å². The van der Waals surface area contributed by atoms with Gasteiger partial charge >= 0.3 is 5.97 Å². The summed E-state index contributed by atoms with van der Waals surface area (Å²) in [6, 6.07) is 10.2. The second-order valence-corrected chi connectivity index (χ2v) is 5.10. The maximum atomic E-state index is 13.7. The van der Waals surface area contributed by atoms with Gasteiger partial charge in [-0.2, -0.15) is 0 Å². The quantitative estimate of drug-likeness (QED) is 0.538. The van der Waals surface area contributed by atoms with E-state index in [9.17, 15) is 14.0 Å². The van der Waals surface area contributed by atoms with Gasteiger partial charge in [0, 0.05) is 13.0 Å². The first-order valence-corrected chi connectivity index (χ1v) is 7.14. The summed E-state index contributed by atoms with van der Waals surface area (Å²) < 4.78 is 29.7. The van der Waals surface area contributed by atoms with Gasteiger partial charge in [0.25, 0.3) is 0 Å².